The molecule has 1 aromatic carbocycles. The number of nitrogens with zero attached hydrogens (tertiary/aromatic N) is 1. The van der Waals surface area contributed by atoms with Crippen molar-refractivity contribution in [2.45, 2.75) is 38.4 Å². The van der Waals surface area contributed by atoms with Crippen LogP contribution in [0, 0.1) is 0 Å². The molecule has 1 aliphatic rings. The zero-order chi connectivity index (χ0) is 14.7. The van der Waals surface area contributed by atoms with E-state index in [1.165, 1.54) is 10.4 Å². The maximum atomic E-state index is 3.77. The lowest BCUT2D eigenvalue weighted by molar-refractivity contribution is 0.0782. The topological polar surface area (TPSA) is 15.3 Å². The smallest absolute Gasteiger partial charge is 0.0477 e. The summed E-state index contributed by atoms with van der Waals surface area (Å²) >= 11 is 1.86. The first-order chi connectivity index (χ1) is 10.2. The first-order valence-corrected chi connectivity index (χ1v) is 8.64. The lowest BCUT2D eigenvalue weighted by atomic mass is 9.91. The maximum absolute atomic E-state index is 3.77. The van der Waals surface area contributed by atoms with Gasteiger partial charge >= 0.3 is 0 Å². The lowest BCUT2D eigenvalue weighted by Crippen LogP contribution is -2.59. The number of piperazine rings is 1. The van der Waals surface area contributed by atoms with E-state index in [1.54, 1.807) is 0 Å². The van der Waals surface area contributed by atoms with E-state index < -0.39 is 0 Å². The van der Waals surface area contributed by atoms with Crippen LogP contribution >= 0.6 is 11.3 Å². The van der Waals surface area contributed by atoms with Crippen molar-refractivity contribution in [3.63, 3.8) is 0 Å². The van der Waals surface area contributed by atoms with E-state index in [0.717, 1.165) is 26.1 Å². The van der Waals surface area contributed by atoms with E-state index in [1.807, 2.05) is 11.3 Å². The molecule has 2 heterocycles. The molecule has 0 radical (unpaired) electrons. The monoisotopic (exact) mass is 300 g/mol. The van der Waals surface area contributed by atoms with Crippen LogP contribution in [0.25, 0.3) is 0 Å². The van der Waals surface area contributed by atoms with Crippen LogP contribution in [0.2, 0.25) is 0 Å². The first-order valence-electron chi connectivity index (χ1n) is 7.76. The Bertz CT molecular complexity index is 552. The minimum atomic E-state index is 0.225. The minimum Gasteiger partial charge on any atom is -0.308 e. The third kappa shape index (κ3) is 3.37. The average Bonchev–Trinajstić information content (AvgIpc) is 3.01. The van der Waals surface area contributed by atoms with Gasteiger partial charge in [-0.3, -0.25) is 4.90 Å². The molecule has 1 aromatic heterocycles. The largest absolute Gasteiger partial charge is 0.308 e. The van der Waals surface area contributed by atoms with Gasteiger partial charge < -0.3 is 5.32 Å². The summed E-state index contributed by atoms with van der Waals surface area (Å²) in [5, 5.41) is 5.94. The molecule has 1 fully saturated rings. The Morgan fingerprint density at radius 3 is 2.71 bits per heavy atom. The van der Waals surface area contributed by atoms with Crippen molar-refractivity contribution in [1.29, 1.82) is 0 Å². The predicted molar refractivity (Wildman–Crippen MR) is 90.6 cm³/mol. The number of rotatable bonds is 4. The van der Waals surface area contributed by atoms with Gasteiger partial charge in [0.1, 0.15) is 0 Å². The fraction of sp³-hybridized carbons (Fsp3) is 0.444. The number of benzene rings is 1. The van der Waals surface area contributed by atoms with Gasteiger partial charge in [0.25, 0.3) is 0 Å². The zero-order valence-electron chi connectivity index (χ0n) is 12.9. The first kappa shape index (κ1) is 14.8. The molecule has 2 nitrogen and oxygen atoms in total. The van der Waals surface area contributed by atoms with Crippen molar-refractivity contribution in [2.75, 3.05) is 13.1 Å². The highest BCUT2D eigenvalue weighted by Crippen LogP contribution is 2.30. The van der Waals surface area contributed by atoms with Crippen molar-refractivity contribution >= 4 is 11.3 Å². The molecule has 1 N–H and O–H groups in total. The Kier molecular flexibility index (Phi) is 4.43. The van der Waals surface area contributed by atoms with E-state index in [4.69, 9.17) is 0 Å². The molecule has 3 heteroatoms. The second-order valence-electron chi connectivity index (χ2n) is 6.21. The number of hydrogen-bond donors (Lipinski definition) is 1. The highest BCUT2D eigenvalue weighted by atomic mass is 32.1. The van der Waals surface area contributed by atoms with Gasteiger partial charge in [-0.2, -0.15) is 0 Å². The molecule has 2 atom stereocenters. The molecule has 3 rings (SSSR count). The van der Waals surface area contributed by atoms with Crippen LogP contribution in [0.5, 0.6) is 0 Å². The van der Waals surface area contributed by atoms with Crippen LogP contribution in [0.4, 0.5) is 0 Å². The predicted octanol–water partition coefficient (Wildman–Crippen LogP) is 4.06. The lowest BCUT2D eigenvalue weighted by Gasteiger charge is -2.46. The summed E-state index contributed by atoms with van der Waals surface area (Å²) in [7, 11) is 0. The second-order valence-corrected chi connectivity index (χ2v) is 7.24. The van der Waals surface area contributed by atoms with E-state index in [9.17, 15) is 0 Å². The number of nitrogens with one attached hydrogen (secondary N) is 1. The summed E-state index contributed by atoms with van der Waals surface area (Å²) in [6.07, 6.45) is 1.16. The van der Waals surface area contributed by atoms with Crippen LogP contribution in [-0.2, 0) is 6.54 Å². The summed E-state index contributed by atoms with van der Waals surface area (Å²) < 4.78 is 0. The quantitative estimate of drug-likeness (QED) is 0.916. The number of thiophene rings is 1. The van der Waals surface area contributed by atoms with E-state index >= 15 is 0 Å². The van der Waals surface area contributed by atoms with E-state index in [-0.39, 0.29) is 5.54 Å². The molecule has 1 saturated heterocycles. The summed E-state index contributed by atoms with van der Waals surface area (Å²) in [4.78, 5) is 4.09. The highest BCUT2D eigenvalue weighted by molar-refractivity contribution is 7.09. The van der Waals surface area contributed by atoms with Crippen molar-refractivity contribution < 1.29 is 0 Å². The van der Waals surface area contributed by atoms with Crippen molar-refractivity contribution in [3.8, 4) is 0 Å². The van der Waals surface area contributed by atoms with E-state index in [0.29, 0.717) is 6.04 Å². The molecule has 112 valence electrons. The molecule has 1 aliphatic heterocycles. The fourth-order valence-electron chi connectivity index (χ4n) is 3.10. The molecular formula is C18H24N2S. The van der Waals surface area contributed by atoms with Crippen LogP contribution < -0.4 is 5.32 Å². The SMILES string of the molecule is CCC1(C)CN(Cc2cccs2)C(c2ccccc2)CN1. The van der Waals surface area contributed by atoms with Gasteiger partial charge in [0.2, 0.25) is 0 Å². The Labute approximate surface area is 131 Å². The Morgan fingerprint density at radius 1 is 1.24 bits per heavy atom. The average molecular weight is 300 g/mol. The summed E-state index contributed by atoms with van der Waals surface area (Å²) in [5.41, 5.74) is 1.64. The normalized spacial score (nSPS) is 26.9. The molecule has 0 aliphatic carbocycles. The minimum absolute atomic E-state index is 0.225. The molecule has 0 bridgehead atoms. The van der Waals surface area contributed by atoms with Gasteiger partial charge in [-0.1, -0.05) is 43.3 Å². The summed E-state index contributed by atoms with van der Waals surface area (Å²) in [6, 6.07) is 15.8. The van der Waals surface area contributed by atoms with Crippen LogP contribution in [0.15, 0.2) is 47.8 Å². The zero-order valence-corrected chi connectivity index (χ0v) is 13.7. The standard InChI is InChI=1S/C18H24N2S/c1-3-18(2)14-20(13-16-10-7-11-21-16)17(12-19-18)15-8-5-4-6-9-15/h4-11,17,19H,3,12-14H2,1-2H3. The van der Waals surface area contributed by atoms with Gasteiger partial charge in [-0.25, -0.2) is 0 Å². The Balaban J connectivity index is 1.84. The third-order valence-electron chi connectivity index (χ3n) is 4.62. The summed E-state index contributed by atoms with van der Waals surface area (Å²) in [6.45, 7) is 7.80. The molecule has 2 aromatic rings. The van der Waals surface area contributed by atoms with Crippen molar-refractivity contribution in [1.82, 2.24) is 10.2 Å². The van der Waals surface area contributed by atoms with Crippen molar-refractivity contribution in [3.05, 3.63) is 58.3 Å². The molecule has 21 heavy (non-hydrogen) atoms. The third-order valence-corrected chi connectivity index (χ3v) is 5.48. The fourth-order valence-corrected chi connectivity index (χ4v) is 3.83. The Hall–Kier alpha value is -1.16. The van der Waals surface area contributed by atoms with Crippen LogP contribution in [0.1, 0.15) is 36.8 Å². The van der Waals surface area contributed by atoms with Gasteiger partial charge in [0, 0.05) is 36.1 Å². The molecule has 0 saturated carbocycles. The summed E-state index contributed by atoms with van der Waals surface area (Å²) in [5.74, 6) is 0. The van der Waals surface area contributed by atoms with Gasteiger partial charge in [0.15, 0.2) is 0 Å². The maximum Gasteiger partial charge on any atom is 0.0477 e. The highest BCUT2D eigenvalue weighted by Gasteiger charge is 2.35. The molecule has 0 spiro atoms. The van der Waals surface area contributed by atoms with Gasteiger partial charge in [-0.05, 0) is 30.4 Å². The van der Waals surface area contributed by atoms with Gasteiger partial charge in [-0.15, -0.1) is 11.3 Å². The number of hydrogen-bond acceptors (Lipinski definition) is 3. The molecule has 0 amide bonds. The van der Waals surface area contributed by atoms with Crippen LogP contribution in [0.3, 0.4) is 0 Å². The molecule has 2 unspecified atom stereocenters. The molecular weight excluding hydrogens is 276 g/mol. The van der Waals surface area contributed by atoms with Crippen molar-refractivity contribution in [2.24, 2.45) is 0 Å². The van der Waals surface area contributed by atoms with E-state index in [2.05, 4.69) is 71.9 Å². The Morgan fingerprint density at radius 2 is 2.05 bits per heavy atom. The van der Waals surface area contributed by atoms with Crippen LogP contribution in [-0.4, -0.2) is 23.5 Å². The van der Waals surface area contributed by atoms with Gasteiger partial charge in [0.05, 0.1) is 0 Å². The second kappa shape index (κ2) is 6.30.